The molecule has 5 nitrogen and oxygen atoms in total. The van der Waals surface area contributed by atoms with E-state index in [9.17, 15) is 0 Å². The molecule has 0 amide bonds. The monoisotopic (exact) mass is 354 g/mol. The predicted octanol–water partition coefficient (Wildman–Crippen LogP) is 4.05. The number of benzene rings is 2. The minimum Gasteiger partial charge on any atom is -0.435 e. The molecule has 4 rings (SSSR count). The van der Waals surface area contributed by atoms with Crippen LogP contribution in [0.1, 0.15) is 5.56 Å². The predicted molar refractivity (Wildman–Crippen MR) is 102 cm³/mol. The topological polar surface area (TPSA) is 69.9 Å². The number of nitrogens with two attached hydrogens (primary N) is 1. The molecule has 0 spiro atoms. The van der Waals surface area contributed by atoms with Gasteiger partial charge in [-0.25, -0.2) is 9.97 Å². The molecule has 0 saturated heterocycles. The number of halogens is 1. The van der Waals surface area contributed by atoms with Gasteiger partial charge in [-0.3, -0.25) is 0 Å². The van der Waals surface area contributed by atoms with Crippen molar-refractivity contribution in [3.05, 3.63) is 60.3 Å². The third-order valence-electron chi connectivity index (χ3n) is 4.03. The second-order valence-electron chi connectivity index (χ2n) is 5.76. The summed E-state index contributed by atoms with van der Waals surface area (Å²) in [6.07, 6.45) is 1.80. The zero-order valence-corrected chi connectivity index (χ0v) is 14.7. The zero-order valence-electron chi connectivity index (χ0n) is 13.8. The van der Waals surface area contributed by atoms with E-state index in [1.165, 1.54) is 5.56 Å². The molecule has 2 aromatic carbocycles. The van der Waals surface area contributed by atoms with Crippen LogP contribution in [0.3, 0.4) is 0 Å². The Morgan fingerprint density at radius 1 is 1.08 bits per heavy atom. The fraction of sp³-hybridized carbons (Fsp3) is 0.158. The van der Waals surface area contributed by atoms with E-state index in [2.05, 4.69) is 45.7 Å². The van der Waals surface area contributed by atoms with E-state index < -0.39 is 0 Å². The molecule has 6 heteroatoms. The molecule has 4 aromatic rings. The standard InChI is InChI=1S/C19H18N4O.ClH/c1-13-6-8-14(9-7-13)18-21-12-16(23(18)11-10-20)19-22-15-4-2-3-5-17(15)24-19;/h2-9,12H,10-11,20H2,1H3;1H. The number of hydrogen-bond acceptors (Lipinski definition) is 4. The summed E-state index contributed by atoms with van der Waals surface area (Å²) in [5, 5.41) is 0. The van der Waals surface area contributed by atoms with Gasteiger partial charge in [0.1, 0.15) is 17.0 Å². The lowest BCUT2D eigenvalue weighted by Crippen LogP contribution is -2.12. The minimum absolute atomic E-state index is 0. The Morgan fingerprint density at radius 2 is 1.84 bits per heavy atom. The van der Waals surface area contributed by atoms with E-state index in [4.69, 9.17) is 10.2 Å². The first-order valence-corrected chi connectivity index (χ1v) is 7.95. The number of rotatable bonds is 4. The van der Waals surface area contributed by atoms with Gasteiger partial charge < -0.3 is 14.7 Å². The third kappa shape index (κ3) is 3.16. The molecule has 0 atom stereocenters. The lowest BCUT2D eigenvalue weighted by molar-refractivity contribution is 0.604. The van der Waals surface area contributed by atoms with E-state index in [0.717, 1.165) is 28.2 Å². The van der Waals surface area contributed by atoms with Gasteiger partial charge in [-0.05, 0) is 19.1 Å². The van der Waals surface area contributed by atoms with Crippen LogP contribution >= 0.6 is 12.4 Å². The van der Waals surface area contributed by atoms with Crippen LogP contribution in [-0.4, -0.2) is 21.1 Å². The summed E-state index contributed by atoms with van der Waals surface area (Å²) < 4.78 is 7.96. The number of nitrogens with zero attached hydrogens (tertiary/aromatic N) is 3. The lowest BCUT2D eigenvalue weighted by atomic mass is 10.1. The van der Waals surface area contributed by atoms with Crippen molar-refractivity contribution in [3.63, 3.8) is 0 Å². The van der Waals surface area contributed by atoms with Gasteiger partial charge >= 0.3 is 0 Å². The maximum absolute atomic E-state index is 5.90. The third-order valence-corrected chi connectivity index (χ3v) is 4.03. The molecule has 2 heterocycles. The summed E-state index contributed by atoms with van der Waals surface area (Å²) in [5.41, 5.74) is 10.5. The highest BCUT2D eigenvalue weighted by Crippen LogP contribution is 2.28. The van der Waals surface area contributed by atoms with Crippen molar-refractivity contribution >= 4 is 23.5 Å². The summed E-state index contributed by atoms with van der Waals surface area (Å²) in [7, 11) is 0. The van der Waals surface area contributed by atoms with Crippen LogP contribution in [0.25, 0.3) is 34.1 Å². The number of aromatic nitrogens is 3. The Hall–Kier alpha value is -2.63. The van der Waals surface area contributed by atoms with Crippen LogP contribution in [0.4, 0.5) is 0 Å². The van der Waals surface area contributed by atoms with E-state index in [1.807, 2.05) is 24.3 Å². The van der Waals surface area contributed by atoms with Crippen LogP contribution in [0, 0.1) is 6.92 Å². The Kier molecular flexibility index (Phi) is 4.88. The molecule has 0 radical (unpaired) electrons. The fourth-order valence-corrected chi connectivity index (χ4v) is 2.82. The first kappa shape index (κ1) is 17.2. The smallest absolute Gasteiger partial charge is 0.245 e. The molecule has 2 N–H and O–H groups in total. The van der Waals surface area contributed by atoms with Gasteiger partial charge in [0.05, 0.1) is 6.20 Å². The van der Waals surface area contributed by atoms with Crippen LogP contribution < -0.4 is 5.73 Å². The first-order chi connectivity index (χ1) is 11.8. The lowest BCUT2D eigenvalue weighted by Gasteiger charge is -2.09. The summed E-state index contributed by atoms with van der Waals surface area (Å²) in [6, 6.07) is 16.0. The average Bonchev–Trinajstić information content (AvgIpc) is 3.19. The van der Waals surface area contributed by atoms with Gasteiger partial charge in [-0.2, -0.15) is 0 Å². The summed E-state index contributed by atoms with van der Waals surface area (Å²) in [5.74, 6) is 1.44. The highest BCUT2D eigenvalue weighted by atomic mass is 35.5. The largest absolute Gasteiger partial charge is 0.435 e. The molecule has 0 saturated carbocycles. The number of oxazole rings is 1. The van der Waals surface area contributed by atoms with Gasteiger partial charge in [0.2, 0.25) is 5.89 Å². The van der Waals surface area contributed by atoms with Gasteiger partial charge in [-0.15, -0.1) is 12.4 Å². The zero-order chi connectivity index (χ0) is 16.5. The Labute approximate surface area is 151 Å². The highest BCUT2D eigenvalue weighted by molar-refractivity contribution is 5.85. The molecular weight excluding hydrogens is 336 g/mol. The van der Waals surface area contributed by atoms with Crippen molar-refractivity contribution in [3.8, 4) is 23.0 Å². The minimum atomic E-state index is 0. The van der Waals surface area contributed by atoms with Gasteiger partial charge in [0.25, 0.3) is 0 Å². The summed E-state index contributed by atoms with van der Waals surface area (Å²) >= 11 is 0. The molecule has 0 aliphatic heterocycles. The van der Waals surface area contributed by atoms with Gasteiger partial charge in [0.15, 0.2) is 5.58 Å². The fourth-order valence-electron chi connectivity index (χ4n) is 2.82. The van der Waals surface area contributed by atoms with Crippen LogP contribution in [0.5, 0.6) is 0 Å². The molecule has 0 unspecified atom stereocenters. The molecular formula is C19H19ClN4O. The molecule has 0 aliphatic carbocycles. The first-order valence-electron chi connectivity index (χ1n) is 7.95. The molecule has 0 aliphatic rings. The number of aryl methyl sites for hydroxylation is 1. The van der Waals surface area contributed by atoms with Crippen LogP contribution in [0.15, 0.2) is 59.1 Å². The Morgan fingerprint density at radius 3 is 2.56 bits per heavy atom. The van der Waals surface area contributed by atoms with Crippen LogP contribution in [0.2, 0.25) is 0 Å². The van der Waals surface area contributed by atoms with Crippen molar-refractivity contribution < 1.29 is 4.42 Å². The van der Waals surface area contributed by atoms with Crippen molar-refractivity contribution in [1.29, 1.82) is 0 Å². The molecule has 25 heavy (non-hydrogen) atoms. The molecule has 128 valence electrons. The Bertz CT molecular complexity index is 955. The average molecular weight is 355 g/mol. The number of hydrogen-bond donors (Lipinski definition) is 1. The Balaban J connectivity index is 0.00000182. The molecule has 0 fully saturated rings. The molecule has 2 aromatic heterocycles. The maximum atomic E-state index is 5.90. The second kappa shape index (κ2) is 7.09. The summed E-state index contributed by atoms with van der Waals surface area (Å²) in [4.78, 5) is 9.17. The second-order valence-corrected chi connectivity index (χ2v) is 5.76. The van der Waals surface area contributed by atoms with Gasteiger partial charge in [-0.1, -0.05) is 42.0 Å². The highest BCUT2D eigenvalue weighted by Gasteiger charge is 2.17. The van der Waals surface area contributed by atoms with E-state index >= 15 is 0 Å². The normalized spacial score (nSPS) is 10.8. The maximum Gasteiger partial charge on any atom is 0.245 e. The molecule has 0 bridgehead atoms. The van der Waals surface area contributed by atoms with E-state index in [-0.39, 0.29) is 12.4 Å². The van der Waals surface area contributed by atoms with Crippen LogP contribution in [-0.2, 0) is 6.54 Å². The van der Waals surface area contributed by atoms with Crippen molar-refractivity contribution in [2.75, 3.05) is 6.54 Å². The summed E-state index contributed by atoms with van der Waals surface area (Å²) in [6.45, 7) is 3.24. The van der Waals surface area contributed by atoms with Crippen molar-refractivity contribution in [2.24, 2.45) is 5.73 Å². The van der Waals surface area contributed by atoms with E-state index in [1.54, 1.807) is 6.20 Å². The number of para-hydroxylation sites is 2. The quantitative estimate of drug-likeness (QED) is 0.600. The SMILES string of the molecule is Cc1ccc(-c2ncc(-c3nc4ccccc4o3)n2CCN)cc1.Cl. The van der Waals surface area contributed by atoms with Crippen molar-refractivity contribution in [1.82, 2.24) is 14.5 Å². The number of imidazole rings is 1. The van der Waals surface area contributed by atoms with Crippen molar-refractivity contribution in [2.45, 2.75) is 13.5 Å². The number of fused-ring (bicyclic) bond motifs is 1. The van der Waals surface area contributed by atoms with E-state index in [0.29, 0.717) is 19.0 Å². The van der Waals surface area contributed by atoms with Gasteiger partial charge in [0, 0.05) is 18.7 Å².